The zero-order valence-corrected chi connectivity index (χ0v) is 33.6. The summed E-state index contributed by atoms with van der Waals surface area (Å²) in [4.78, 5) is 2.65. The first-order chi connectivity index (χ1) is 28.0. The van der Waals surface area contributed by atoms with E-state index in [0.29, 0.717) is 11.8 Å². The number of anilines is 3. The van der Waals surface area contributed by atoms with Gasteiger partial charge in [0, 0.05) is 22.1 Å². The maximum atomic E-state index is 2.65. The van der Waals surface area contributed by atoms with E-state index in [2.05, 4.69) is 170 Å². The molecule has 3 saturated carbocycles. The highest BCUT2D eigenvalue weighted by molar-refractivity contribution is 6.04. The normalized spacial score (nSPS) is 20.8. The standard InChI is InChI=1S/C56H53N/c1-56(2)51-34-43(38-14-6-3-7-15-38)28-31-47(51)50-35-49(40-18-10-5-11-19-40)54(36-52(50)56)57(45-29-26-41(27-30-45)48-33-37-24-25-44(48)32-37)53-23-13-21-42-20-12-22-46(55(42)53)39-16-8-4-9-17-39/h3,5-7,10-15,18-23,26-31,34-37,39,44,48H,4,8-9,16-17,24-25,32-33H2,1-2H3. The van der Waals surface area contributed by atoms with Crippen molar-refractivity contribution >= 4 is 27.8 Å². The fraction of sp³-hybridized carbons (Fsp3) is 0.286. The first-order valence-electron chi connectivity index (χ1n) is 21.9. The minimum absolute atomic E-state index is 0.178. The Morgan fingerprint density at radius 1 is 0.509 bits per heavy atom. The number of nitrogens with zero attached hydrogens (tertiary/aromatic N) is 1. The van der Waals surface area contributed by atoms with Gasteiger partial charge in [0.25, 0.3) is 0 Å². The Bertz CT molecular complexity index is 2590. The van der Waals surface area contributed by atoms with Crippen LogP contribution < -0.4 is 4.90 Å². The van der Waals surface area contributed by atoms with Gasteiger partial charge in [-0.15, -0.1) is 0 Å². The number of fused-ring (bicyclic) bond motifs is 6. The topological polar surface area (TPSA) is 3.24 Å². The maximum Gasteiger partial charge on any atom is 0.0543 e. The molecular weight excluding hydrogens is 687 g/mol. The van der Waals surface area contributed by atoms with Crippen LogP contribution >= 0.6 is 0 Å². The predicted octanol–water partition coefficient (Wildman–Crippen LogP) is 15.9. The van der Waals surface area contributed by atoms with E-state index in [9.17, 15) is 0 Å². The Balaban J connectivity index is 1.14. The van der Waals surface area contributed by atoms with Gasteiger partial charge in [-0.25, -0.2) is 0 Å². The zero-order valence-electron chi connectivity index (χ0n) is 33.6. The van der Waals surface area contributed by atoms with Gasteiger partial charge in [-0.1, -0.05) is 155 Å². The highest BCUT2D eigenvalue weighted by atomic mass is 15.1. The Hall–Kier alpha value is -5.40. The summed E-state index contributed by atoms with van der Waals surface area (Å²) in [7, 11) is 0. The molecule has 0 N–H and O–H groups in total. The Morgan fingerprint density at radius 2 is 1.23 bits per heavy atom. The van der Waals surface area contributed by atoms with Gasteiger partial charge in [-0.05, 0) is 148 Å². The molecule has 1 heteroatoms. The molecule has 1 nitrogen and oxygen atoms in total. The van der Waals surface area contributed by atoms with Crippen LogP contribution in [0, 0.1) is 11.8 Å². The van der Waals surface area contributed by atoms with Crippen molar-refractivity contribution in [2.75, 3.05) is 4.90 Å². The van der Waals surface area contributed by atoms with Crippen LogP contribution in [0.4, 0.5) is 17.1 Å². The molecule has 57 heavy (non-hydrogen) atoms. The molecule has 0 radical (unpaired) electrons. The van der Waals surface area contributed by atoms with Crippen LogP contribution in [0.2, 0.25) is 0 Å². The quantitative estimate of drug-likeness (QED) is 0.157. The van der Waals surface area contributed by atoms with Crippen LogP contribution in [0.25, 0.3) is 44.2 Å². The van der Waals surface area contributed by atoms with Gasteiger partial charge >= 0.3 is 0 Å². The first-order valence-corrected chi connectivity index (χ1v) is 21.9. The lowest BCUT2D eigenvalue weighted by Gasteiger charge is -2.33. The van der Waals surface area contributed by atoms with Gasteiger partial charge in [0.1, 0.15) is 0 Å². The molecular formula is C56H53N. The van der Waals surface area contributed by atoms with E-state index >= 15 is 0 Å². The maximum absolute atomic E-state index is 2.65. The summed E-state index contributed by atoms with van der Waals surface area (Å²) in [5.74, 6) is 3.09. The third kappa shape index (κ3) is 5.88. The summed E-state index contributed by atoms with van der Waals surface area (Å²) < 4.78 is 0. The van der Waals surface area contributed by atoms with E-state index in [0.717, 1.165) is 11.8 Å². The number of rotatable bonds is 7. The minimum atomic E-state index is -0.178. The Labute approximate surface area is 339 Å². The van der Waals surface area contributed by atoms with Crippen LogP contribution in [0.1, 0.15) is 106 Å². The highest BCUT2D eigenvalue weighted by Crippen LogP contribution is 2.56. The molecule has 282 valence electrons. The molecule has 0 heterocycles. The first kappa shape index (κ1) is 34.8. The molecule has 4 aliphatic carbocycles. The predicted molar refractivity (Wildman–Crippen MR) is 241 cm³/mol. The molecule has 0 saturated heterocycles. The average molecular weight is 740 g/mol. The second-order valence-electron chi connectivity index (χ2n) is 18.3. The molecule has 3 fully saturated rings. The monoisotopic (exact) mass is 739 g/mol. The van der Waals surface area contributed by atoms with Crippen molar-refractivity contribution in [3.63, 3.8) is 0 Å². The second-order valence-corrected chi connectivity index (χ2v) is 18.3. The summed E-state index contributed by atoms with van der Waals surface area (Å²) in [5, 5.41) is 2.75. The lowest BCUT2D eigenvalue weighted by Crippen LogP contribution is -2.18. The van der Waals surface area contributed by atoms with E-state index in [4.69, 9.17) is 0 Å². The van der Waals surface area contributed by atoms with Gasteiger partial charge in [0.05, 0.1) is 11.4 Å². The van der Waals surface area contributed by atoms with Gasteiger partial charge in [-0.2, -0.15) is 0 Å². The molecule has 3 unspecified atom stereocenters. The smallest absolute Gasteiger partial charge is 0.0543 e. The van der Waals surface area contributed by atoms with Crippen LogP contribution in [0.3, 0.4) is 0 Å². The summed E-state index contributed by atoms with van der Waals surface area (Å²) in [6.45, 7) is 4.87. The SMILES string of the molecule is CC1(C)c2cc(-c3ccccc3)ccc2-c2cc(-c3ccccc3)c(N(c3ccc(C4CC5CCC4C5)cc3)c3cccc4cccc(C5CCCCC5)c34)cc21. The summed E-state index contributed by atoms with van der Waals surface area (Å²) in [5.41, 5.74) is 17.2. The van der Waals surface area contributed by atoms with Crippen molar-refractivity contribution < 1.29 is 0 Å². The lowest BCUT2D eigenvalue weighted by molar-refractivity contribution is 0.420. The molecule has 0 aromatic heterocycles. The van der Waals surface area contributed by atoms with Crippen LogP contribution in [0.15, 0.2) is 152 Å². The van der Waals surface area contributed by atoms with Gasteiger partial charge in [0.15, 0.2) is 0 Å². The molecule has 0 spiro atoms. The number of benzene rings is 7. The lowest BCUT2D eigenvalue weighted by atomic mass is 9.80. The summed E-state index contributed by atoms with van der Waals surface area (Å²) in [6, 6.07) is 58.3. The highest BCUT2D eigenvalue weighted by Gasteiger charge is 2.41. The zero-order chi connectivity index (χ0) is 38.1. The fourth-order valence-corrected chi connectivity index (χ4v) is 11.8. The van der Waals surface area contributed by atoms with E-state index < -0.39 is 0 Å². The number of hydrogen-bond acceptors (Lipinski definition) is 1. The van der Waals surface area contributed by atoms with Crippen LogP contribution in [0.5, 0.6) is 0 Å². The Kier molecular flexibility index (Phi) is 8.50. The largest absolute Gasteiger partial charge is 0.309 e. The summed E-state index contributed by atoms with van der Waals surface area (Å²) >= 11 is 0. The van der Waals surface area contributed by atoms with Crippen molar-refractivity contribution in [2.24, 2.45) is 11.8 Å². The molecule has 7 aromatic rings. The van der Waals surface area contributed by atoms with Gasteiger partial charge in [0.2, 0.25) is 0 Å². The van der Waals surface area contributed by atoms with E-state index in [-0.39, 0.29) is 5.41 Å². The van der Waals surface area contributed by atoms with Crippen molar-refractivity contribution in [3.8, 4) is 33.4 Å². The molecule has 0 amide bonds. The molecule has 3 atom stereocenters. The Morgan fingerprint density at radius 3 is 1.95 bits per heavy atom. The van der Waals surface area contributed by atoms with Crippen LogP contribution in [-0.4, -0.2) is 0 Å². The molecule has 4 aliphatic rings. The average Bonchev–Trinajstić information content (AvgIpc) is 3.97. The van der Waals surface area contributed by atoms with E-state index in [1.165, 1.54) is 141 Å². The minimum Gasteiger partial charge on any atom is -0.309 e. The number of hydrogen-bond donors (Lipinski definition) is 0. The second kappa shape index (κ2) is 13.9. The van der Waals surface area contributed by atoms with Crippen LogP contribution in [-0.2, 0) is 5.41 Å². The van der Waals surface area contributed by atoms with Crippen molar-refractivity contribution in [2.45, 2.75) is 88.9 Å². The van der Waals surface area contributed by atoms with E-state index in [1.54, 1.807) is 0 Å². The van der Waals surface area contributed by atoms with Gasteiger partial charge in [-0.3, -0.25) is 0 Å². The van der Waals surface area contributed by atoms with Crippen molar-refractivity contribution in [1.29, 1.82) is 0 Å². The third-order valence-corrected chi connectivity index (χ3v) is 14.7. The molecule has 2 bridgehead atoms. The molecule has 7 aromatic carbocycles. The van der Waals surface area contributed by atoms with Crippen molar-refractivity contribution in [3.05, 3.63) is 174 Å². The molecule has 0 aliphatic heterocycles. The fourth-order valence-electron chi connectivity index (χ4n) is 11.8. The van der Waals surface area contributed by atoms with Crippen molar-refractivity contribution in [1.82, 2.24) is 0 Å². The third-order valence-electron chi connectivity index (χ3n) is 14.7. The van der Waals surface area contributed by atoms with E-state index in [1.807, 2.05) is 0 Å². The van der Waals surface area contributed by atoms with Gasteiger partial charge < -0.3 is 4.90 Å². The molecule has 11 rings (SSSR count). The summed E-state index contributed by atoms with van der Waals surface area (Å²) in [6.07, 6.45) is 12.2.